The van der Waals surface area contributed by atoms with Crippen LogP contribution in [0.2, 0.25) is 0 Å². The van der Waals surface area contributed by atoms with E-state index in [4.69, 9.17) is 0 Å². The van der Waals surface area contributed by atoms with E-state index < -0.39 is 5.69 Å². The predicted molar refractivity (Wildman–Crippen MR) is 68.6 cm³/mol. The smallest absolute Gasteiger partial charge is 0.314 e. The molecule has 0 unspecified atom stereocenters. The maximum absolute atomic E-state index is 11.4. The van der Waals surface area contributed by atoms with Crippen LogP contribution in [0.5, 0.6) is 0 Å². The minimum atomic E-state index is -0.452. The molecule has 1 aliphatic carbocycles. The summed E-state index contributed by atoms with van der Waals surface area (Å²) >= 11 is 0. The van der Waals surface area contributed by atoms with Gasteiger partial charge in [-0.25, -0.2) is 4.79 Å². The van der Waals surface area contributed by atoms with Gasteiger partial charge < -0.3 is 10.3 Å². The monoisotopic (exact) mass is 259 g/mol. The number of H-pyrrole nitrogens is 2. The minimum Gasteiger partial charge on any atom is -0.314 e. The van der Waals surface area contributed by atoms with Crippen molar-refractivity contribution >= 4 is 12.4 Å². The summed E-state index contributed by atoms with van der Waals surface area (Å²) in [5.41, 5.74) is -0.163. The summed E-state index contributed by atoms with van der Waals surface area (Å²) in [6.45, 7) is 0.525. The fourth-order valence-corrected chi connectivity index (χ4v) is 2.13. The van der Waals surface area contributed by atoms with Gasteiger partial charge in [0.15, 0.2) is 0 Å². The predicted octanol–water partition coefficient (Wildman–Crippen LogP) is 0.907. The van der Waals surface area contributed by atoms with Gasteiger partial charge in [-0.3, -0.25) is 9.78 Å². The molecule has 0 amide bonds. The molecular formula is C11H18ClN3O2. The van der Waals surface area contributed by atoms with Gasteiger partial charge in [-0.05, 0) is 12.8 Å². The molecule has 96 valence electrons. The van der Waals surface area contributed by atoms with Gasteiger partial charge in [0, 0.05) is 24.3 Å². The highest BCUT2D eigenvalue weighted by atomic mass is 35.5. The molecule has 1 aromatic rings. The van der Waals surface area contributed by atoms with Crippen LogP contribution in [0.15, 0.2) is 15.8 Å². The van der Waals surface area contributed by atoms with Gasteiger partial charge in [-0.2, -0.15) is 0 Å². The van der Waals surface area contributed by atoms with Gasteiger partial charge >= 0.3 is 5.69 Å². The molecule has 0 spiro atoms. The first-order valence-corrected chi connectivity index (χ1v) is 5.80. The van der Waals surface area contributed by atoms with Gasteiger partial charge in [0.25, 0.3) is 5.56 Å². The Morgan fingerprint density at radius 2 is 1.94 bits per heavy atom. The highest BCUT2D eigenvalue weighted by Gasteiger charge is 2.12. The van der Waals surface area contributed by atoms with Gasteiger partial charge in [0.05, 0.1) is 0 Å². The minimum absolute atomic E-state index is 0. The molecule has 6 heteroatoms. The third-order valence-electron chi connectivity index (χ3n) is 3.08. The summed E-state index contributed by atoms with van der Waals surface area (Å²) in [5.74, 6) is 0. The lowest BCUT2D eigenvalue weighted by molar-refractivity contribution is 0.371. The second-order valence-electron chi connectivity index (χ2n) is 4.31. The topological polar surface area (TPSA) is 77.8 Å². The van der Waals surface area contributed by atoms with Crippen molar-refractivity contribution in [1.29, 1.82) is 0 Å². The van der Waals surface area contributed by atoms with Crippen molar-refractivity contribution in [3.05, 3.63) is 32.6 Å². The number of aromatic amines is 2. The van der Waals surface area contributed by atoms with Crippen LogP contribution < -0.4 is 16.6 Å². The average Bonchev–Trinajstić information content (AvgIpc) is 2.29. The summed E-state index contributed by atoms with van der Waals surface area (Å²) in [6, 6.07) is 0.514. The van der Waals surface area contributed by atoms with Gasteiger partial charge in [0.2, 0.25) is 0 Å². The summed E-state index contributed by atoms with van der Waals surface area (Å²) in [7, 11) is 0. The van der Waals surface area contributed by atoms with Gasteiger partial charge in [-0.1, -0.05) is 19.3 Å². The zero-order valence-corrected chi connectivity index (χ0v) is 10.4. The number of hydrogen-bond donors (Lipinski definition) is 3. The molecule has 1 aromatic heterocycles. The second-order valence-corrected chi connectivity index (χ2v) is 4.31. The number of rotatable bonds is 3. The fraction of sp³-hybridized carbons (Fsp3) is 0.636. The average molecular weight is 260 g/mol. The van der Waals surface area contributed by atoms with E-state index in [1.54, 1.807) is 0 Å². The summed E-state index contributed by atoms with van der Waals surface area (Å²) < 4.78 is 0. The van der Waals surface area contributed by atoms with E-state index >= 15 is 0 Å². The Labute approximate surface area is 105 Å². The van der Waals surface area contributed by atoms with E-state index in [0.717, 1.165) is 0 Å². The Kier molecular flexibility index (Phi) is 5.44. The molecule has 5 nitrogen and oxygen atoms in total. The van der Waals surface area contributed by atoms with Crippen molar-refractivity contribution in [1.82, 2.24) is 15.3 Å². The quantitative estimate of drug-likeness (QED) is 0.755. The molecule has 17 heavy (non-hydrogen) atoms. The van der Waals surface area contributed by atoms with Gasteiger partial charge in [0.1, 0.15) is 0 Å². The molecule has 0 atom stereocenters. The molecular weight excluding hydrogens is 242 g/mol. The molecule has 1 heterocycles. The highest BCUT2D eigenvalue weighted by Crippen LogP contribution is 2.17. The maximum Gasteiger partial charge on any atom is 0.325 e. The lowest BCUT2D eigenvalue weighted by atomic mass is 9.95. The fourth-order valence-electron chi connectivity index (χ4n) is 2.13. The van der Waals surface area contributed by atoms with Crippen LogP contribution >= 0.6 is 12.4 Å². The standard InChI is InChI=1S/C11H17N3O2.ClH/c15-10-8(7-13-11(16)14-10)6-12-9-4-2-1-3-5-9;/h7,9,12H,1-6H2,(H2,13,14,15,16);1H. The number of nitrogens with one attached hydrogen (secondary N) is 3. The van der Waals surface area contributed by atoms with Crippen LogP contribution in [-0.4, -0.2) is 16.0 Å². The lowest BCUT2D eigenvalue weighted by Gasteiger charge is -2.22. The maximum atomic E-state index is 11.4. The van der Waals surface area contributed by atoms with Crippen molar-refractivity contribution in [3.8, 4) is 0 Å². The van der Waals surface area contributed by atoms with Crippen molar-refractivity contribution < 1.29 is 0 Å². The Morgan fingerprint density at radius 3 is 2.59 bits per heavy atom. The van der Waals surface area contributed by atoms with E-state index in [-0.39, 0.29) is 18.0 Å². The lowest BCUT2D eigenvalue weighted by Crippen LogP contribution is -2.34. The first kappa shape index (κ1) is 14.0. The molecule has 0 bridgehead atoms. The van der Waals surface area contributed by atoms with Crippen molar-refractivity contribution in [2.45, 2.75) is 44.7 Å². The van der Waals surface area contributed by atoms with E-state index in [2.05, 4.69) is 15.3 Å². The largest absolute Gasteiger partial charge is 0.325 e. The molecule has 1 saturated carbocycles. The Balaban J connectivity index is 0.00000144. The first-order chi connectivity index (χ1) is 7.75. The Bertz CT molecular complexity index is 449. The van der Waals surface area contributed by atoms with E-state index in [1.165, 1.54) is 38.3 Å². The van der Waals surface area contributed by atoms with Crippen LogP contribution in [0.1, 0.15) is 37.7 Å². The summed E-state index contributed by atoms with van der Waals surface area (Å²) in [5, 5.41) is 3.36. The first-order valence-electron chi connectivity index (χ1n) is 5.80. The molecule has 3 N–H and O–H groups in total. The number of aromatic nitrogens is 2. The second kappa shape index (κ2) is 6.61. The SMILES string of the molecule is Cl.O=c1[nH]cc(CNC2CCCCC2)c(=O)[nH]1. The molecule has 1 fully saturated rings. The van der Waals surface area contributed by atoms with E-state index in [1.807, 2.05) is 0 Å². The molecule has 0 aliphatic heterocycles. The van der Waals surface area contributed by atoms with Crippen molar-refractivity contribution in [2.24, 2.45) is 0 Å². The summed E-state index contributed by atoms with van der Waals surface area (Å²) in [6.07, 6.45) is 7.69. The molecule has 1 aliphatic rings. The number of hydrogen-bond acceptors (Lipinski definition) is 3. The normalized spacial score (nSPS) is 16.5. The van der Waals surface area contributed by atoms with Crippen molar-refractivity contribution in [3.63, 3.8) is 0 Å². The van der Waals surface area contributed by atoms with Crippen LogP contribution in [0.25, 0.3) is 0 Å². The zero-order valence-electron chi connectivity index (χ0n) is 9.62. The molecule has 0 radical (unpaired) electrons. The molecule has 2 rings (SSSR count). The molecule has 0 saturated heterocycles. The highest BCUT2D eigenvalue weighted by molar-refractivity contribution is 5.85. The van der Waals surface area contributed by atoms with Crippen LogP contribution in [0, 0.1) is 0 Å². The number of halogens is 1. The zero-order chi connectivity index (χ0) is 11.4. The van der Waals surface area contributed by atoms with Gasteiger partial charge in [-0.15, -0.1) is 12.4 Å². The van der Waals surface area contributed by atoms with E-state index in [0.29, 0.717) is 18.2 Å². The third kappa shape index (κ3) is 4.02. The van der Waals surface area contributed by atoms with E-state index in [9.17, 15) is 9.59 Å². The Hall–Kier alpha value is -1.07. The van der Waals surface area contributed by atoms with Crippen molar-refractivity contribution in [2.75, 3.05) is 0 Å². The Morgan fingerprint density at radius 1 is 1.24 bits per heavy atom. The van der Waals surface area contributed by atoms with Crippen LogP contribution in [0.3, 0.4) is 0 Å². The molecule has 0 aromatic carbocycles. The van der Waals surface area contributed by atoms with Crippen LogP contribution in [0.4, 0.5) is 0 Å². The summed E-state index contributed by atoms with van der Waals surface area (Å²) in [4.78, 5) is 26.9. The third-order valence-corrected chi connectivity index (χ3v) is 3.08. The van der Waals surface area contributed by atoms with Crippen LogP contribution in [-0.2, 0) is 6.54 Å².